The quantitative estimate of drug-likeness (QED) is 0.412. The highest BCUT2D eigenvalue weighted by Crippen LogP contribution is 2.51. The number of amides is 1. The standard InChI is InChI=1S/C20H16BrF2NO3/c1-24-17(13-4-7-15(22)8-5-13)20(18(24)25,19(26)27-2)10-9-12-3-6-14(21)11-16(12)23/h3-11,17H,1-2H3/b10-9+/t17-,20+/m1/s1. The lowest BCUT2D eigenvalue weighted by atomic mass is 9.67. The highest BCUT2D eigenvalue weighted by Gasteiger charge is 2.64. The van der Waals surface area contributed by atoms with E-state index in [0.717, 1.165) is 0 Å². The van der Waals surface area contributed by atoms with Gasteiger partial charge in [0.2, 0.25) is 5.91 Å². The molecule has 1 amide bonds. The second kappa shape index (κ2) is 7.23. The summed E-state index contributed by atoms with van der Waals surface area (Å²) >= 11 is 3.18. The highest BCUT2D eigenvalue weighted by molar-refractivity contribution is 9.10. The lowest BCUT2D eigenvalue weighted by molar-refractivity contribution is -0.180. The Bertz CT molecular complexity index is 919. The summed E-state index contributed by atoms with van der Waals surface area (Å²) in [5, 5.41) is 0. The first kappa shape index (κ1) is 19.2. The molecule has 2 aromatic rings. The molecule has 140 valence electrons. The molecule has 27 heavy (non-hydrogen) atoms. The summed E-state index contributed by atoms with van der Waals surface area (Å²) < 4.78 is 32.9. The molecule has 2 aromatic carbocycles. The molecule has 1 heterocycles. The van der Waals surface area contributed by atoms with Crippen molar-refractivity contribution in [2.24, 2.45) is 5.41 Å². The van der Waals surface area contributed by atoms with Gasteiger partial charge in [0.15, 0.2) is 5.41 Å². The van der Waals surface area contributed by atoms with E-state index in [-0.39, 0.29) is 5.56 Å². The average molecular weight is 436 g/mol. The summed E-state index contributed by atoms with van der Waals surface area (Å²) in [6.07, 6.45) is 2.75. The fraction of sp³-hybridized carbons (Fsp3) is 0.200. The zero-order chi connectivity index (χ0) is 19.8. The Labute approximate surface area is 163 Å². The number of β-lactam (4-membered cyclic amide) rings is 1. The number of carbonyl (C=O) groups is 2. The lowest BCUT2D eigenvalue weighted by Gasteiger charge is -2.51. The molecule has 0 bridgehead atoms. The normalized spacial score (nSPS) is 22.0. The molecule has 0 unspecified atom stereocenters. The minimum absolute atomic E-state index is 0.224. The molecule has 0 aromatic heterocycles. The van der Waals surface area contributed by atoms with Crippen LogP contribution in [0.5, 0.6) is 0 Å². The topological polar surface area (TPSA) is 46.6 Å². The Morgan fingerprint density at radius 1 is 1.22 bits per heavy atom. The number of hydrogen-bond acceptors (Lipinski definition) is 3. The molecule has 0 aliphatic carbocycles. The van der Waals surface area contributed by atoms with E-state index in [1.54, 1.807) is 13.1 Å². The minimum Gasteiger partial charge on any atom is -0.468 e. The maximum atomic E-state index is 14.1. The van der Waals surface area contributed by atoms with Gasteiger partial charge in [0.1, 0.15) is 11.6 Å². The molecule has 3 rings (SSSR count). The summed E-state index contributed by atoms with van der Waals surface area (Å²) in [7, 11) is 2.73. The van der Waals surface area contributed by atoms with Gasteiger partial charge in [0.25, 0.3) is 0 Å². The van der Waals surface area contributed by atoms with Crippen molar-refractivity contribution in [3.05, 3.63) is 75.8 Å². The van der Waals surface area contributed by atoms with Gasteiger partial charge in [-0.15, -0.1) is 0 Å². The van der Waals surface area contributed by atoms with Crippen LogP contribution in [0, 0.1) is 17.0 Å². The van der Waals surface area contributed by atoms with Gasteiger partial charge in [-0.25, -0.2) is 8.78 Å². The van der Waals surface area contributed by atoms with Crippen LogP contribution in [0.15, 0.2) is 53.0 Å². The van der Waals surface area contributed by atoms with Crippen molar-refractivity contribution >= 4 is 33.9 Å². The minimum atomic E-state index is -1.64. The zero-order valence-corrected chi connectivity index (χ0v) is 16.2. The van der Waals surface area contributed by atoms with Crippen molar-refractivity contribution in [2.75, 3.05) is 14.2 Å². The Balaban J connectivity index is 2.08. The van der Waals surface area contributed by atoms with Crippen molar-refractivity contribution in [1.29, 1.82) is 0 Å². The number of benzene rings is 2. The Hall–Kier alpha value is -2.54. The average Bonchev–Trinajstić information content (AvgIpc) is 2.66. The van der Waals surface area contributed by atoms with Crippen LogP contribution in [-0.2, 0) is 14.3 Å². The molecule has 0 radical (unpaired) electrons. The van der Waals surface area contributed by atoms with Gasteiger partial charge in [0.05, 0.1) is 13.2 Å². The van der Waals surface area contributed by atoms with Crippen molar-refractivity contribution < 1.29 is 23.1 Å². The van der Waals surface area contributed by atoms with E-state index >= 15 is 0 Å². The first-order chi connectivity index (χ1) is 12.8. The first-order valence-corrected chi connectivity index (χ1v) is 8.86. The maximum absolute atomic E-state index is 14.1. The van der Waals surface area contributed by atoms with Crippen LogP contribution < -0.4 is 0 Å². The number of carbonyl (C=O) groups excluding carboxylic acids is 2. The number of esters is 1. The van der Waals surface area contributed by atoms with Crippen LogP contribution in [-0.4, -0.2) is 30.9 Å². The van der Waals surface area contributed by atoms with Crippen molar-refractivity contribution in [3.63, 3.8) is 0 Å². The highest BCUT2D eigenvalue weighted by atomic mass is 79.9. The van der Waals surface area contributed by atoms with E-state index in [0.29, 0.717) is 10.0 Å². The fourth-order valence-corrected chi connectivity index (χ4v) is 3.69. The van der Waals surface area contributed by atoms with Gasteiger partial charge >= 0.3 is 5.97 Å². The maximum Gasteiger partial charge on any atom is 0.327 e. The molecular weight excluding hydrogens is 420 g/mol. The summed E-state index contributed by atoms with van der Waals surface area (Å²) in [6.45, 7) is 0. The first-order valence-electron chi connectivity index (χ1n) is 8.06. The number of ether oxygens (including phenoxy) is 1. The third kappa shape index (κ3) is 3.16. The molecular formula is C20H16BrF2NO3. The van der Waals surface area contributed by atoms with Gasteiger partial charge in [0, 0.05) is 17.1 Å². The van der Waals surface area contributed by atoms with E-state index in [4.69, 9.17) is 4.74 Å². The van der Waals surface area contributed by atoms with Crippen LogP contribution >= 0.6 is 15.9 Å². The van der Waals surface area contributed by atoms with E-state index in [2.05, 4.69) is 15.9 Å². The molecule has 1 fully saturated rings. The number of likely N-dealkylation sites (tertiary alicyclic amines) is 1. The second-order valence-electron chi connectivity index (χ2n) is 6.23. The number of nitrogens with zero attached hydrogens (tertiary/aromatic N) is 1. The van der Waals surface area contributed by atoms with E-state index in [1.807, 2.05) is 0 Å². The number of rotatable bonds is 4. The molecule has 0 N–H and O–H groups in total. The number of halogens is 3. The van der Waals surface area contributed by atoms with Crippen molar-refractivity contribution in [2.45, 2.75) is 6.04 Å². The zero-order valence-electron chi connectivity index (χ0n) is 14.6. The van der Waals surface area contributed by atoms with E-state index in [1.165, 1.54) is 60.6 Å². The van der Waals surface area contributed by atoms with Crippen molar-refractivity contribution in [1.82, 2.24) is 4.90 Å². The predicted molar refractivity (Wildman–Crippen MR) is 99.5 cm³/mol. The van der Waals surface area contributed by atoms with Gasteiger partial charge < -0.3 is 9.64 Å². The molecule has 1 saturated heterocycles. The number of hydrogen-bond donors (Lipinski definition) is 0. The van der Waals surface area contributed by atoms with Crippen LogP contribution in [0.1, 0.15) is 17.2 Å². The fourth-order valence-electron chi connectivity index (χ4n) is 3.35. The third-order valence-corrected chi connectivity index (χ3v) is 5.18. The van der Waals surface area contributed by atoms with Gasteiger partial charge in [-0.3, -0.25) is 9.59 Å². The Morgan fingerprint density at radius 3 is 2.48 bits per heavy atom. The largest absolute Gasteiger partial charge is 0.468 e. The van der Waals surface area contributed by atoms with Crippen LogP contribution in [0.2, 0.25) is 0 Å². The summed E-state index contributed by atoms with van der Waals surface area (Å²) in [5.41, 5.74) is -0.840. The van der Waals surface area contributed by atoms with Gasteiger partial charge in [-0.2, -0.15) is 0 Å². The van der Waals surface area contributed by atoms with E-state index in [9.17, 15) is 18.4 Å². The number of methoxy groups -OCH3 is 1. The molecule has 1 aliphatic heterocycles. The lowest BCUT2D eigenvalue weighted by Crippen LogP contribution is -2.64. The molecule has 1 aliphatic rings. The summed E-state index contributed by atoms with van der Waals surface area (Å²) in [4.78, 5) is 26.7. The van der Waals surface area contributed by atoms with Gasteiger partial charge in [-0.05, 0) is 29.8 Å². The Kier molecular flexibility index (Phi) is 5.15. The Morgan fingerprint density at radius 2 is 1.89 bits per heavy atom. The monoisotopic (exact) mass is 435 g/mol. The molecule has 7 heteroatoms. The molecule has 0 saturated carbocycles. The van der Waals surface area contributed by atoms with Gasteiger partial charge in [-0.1, -0.05) is 46.3 Å². The van der Waals surface area contributed by atoms with Crippen LogP contribution in [0.25, 0.3) is 6.08 Å². The van der Waals surface area contributed by atoms with E-state index < -0.39 is 35.0 Å². The predicted octanol–water partition coefficient (Wildman–Crippen LogP) is 4.11. The summed E-state index contributed by atoms with van der Waals surface area (Å²) in [5.74, 6) is -2.16. The molecule has 0 spiro atoms. The second-order valence-corrected chi connectivity index (χ2v) is 7.15. The smallest absolute Gasteiger partial charge is 0.327 e. The van der Waals surface area contributed by atoms with Crippen LogP contribution in [0.4, 0.5) is 8.78 Å². The summed E-state index contributed by atoms with van der Waals surface area (Å²) in [6, 6.07) is 9.31. The van der Waals surface area contributed by atoms with Crippen molar-refractivity contribution in [3.8, 4) is 0 Å². The molecule has 4 nitrogen and oxygen atoms in total. The molecule has 2 atom stereocenters. The SMILES string of the molecule is COC(=O)[C@]1(/C=C/c2ccc(Br)cc2F)C(=O)N(C)[C@@H]1c1ccc(F)cc1. The van der Waals surface area contributed by atoms with Crippen LogP contribution in [0.3, 0.4) is 0 Å². The third-order valence-electron chi connectivity index (χ3n) is 4.69.